The molecule has 1 N–H and O–H groups in total. The van der Waals surface area contributed by atoms with Gasteiger partial charge >= 0.3 is 0 Å². The molecule has 156 valence electrons. The van der Waals surface area contributed by atoms with E-state index in [4.69, 9.17) is 23.0 Å². The van der Waals surface area contributed by atoms with E-state index in [1.54, 1.807) is 26.7 Å². The van der Waals surface area contributed by atoms with Gasteiger partial charge in [-0.1, -0.05) is 6.07 Å². The maximum Gasteiger partial charge on any atom is 0.161 e. The SMILES string of the molecule is COc1ccc(CN(Cc2ccco2)CC(O)COCc2ccco2)cc1OC. The van der Waals surface area contributed by atoms with Crippen molar-refractivity contribution in [2.75, 3.05) is 27.4 Å². The predicted octanol–water partition coefficient (Wildman–Crippen LogP) is 3.47. The van der Waals surface area contributed by atoms with E-state index in [9.17, 15) is 5.11 Å². The standard InChI is InChI=1S/C22H27NO6/c1-25-21-8-7-17(11-22(21)26-2)12-23(14-19-5-3-9-28-19)13-18(24)15-27-16-20-6-4-10-29-20/h3-11,18,24H,12-16H2,1-2H3. The number of ether oxygens (including phenoxy) is 3. The summed E-state index contributed by atoms with van der Waals surface area (Å²) in [6, 6.07) is 13.2. The molecule has 3 rings (SSSR count). The highest BCUT2D eigenvalue weighted by Crippen LogP contribution is 2.28. The molecule has 2 aromatic heterocycles. The van der Waals surface area contributed by atoms with E-state index in [2.05, 4.69) is 4.90 Å². The summed E-state index contributed by atoms with van der Waals surface area (Å²) in [4.78, 5) is 2.10. The van der Waals surface area contributed by atoms with E-state index in [1.807, 2.05) is 42.5 Å². The molecule has 0 radical (unpaired) electrons. The van der Waals surface area contributed by atoms with Crippen LogP contribution >= 0.6 is 0 Å². The van der Waals surface area contributed by atoms with Crippen molar-refractivity contribution in [3.8, 4) is 11.5 Å². The molecule has 7 heteroatoms. The first-order chi connectivity index (χ1) is 14.2. The molecule has 0 saturated carbocycles. The Morgan fingerprint density at radius 1 is 0.931 bits per heavy atom. The zero-order valence-corrected chi connectivity index (χ0v) is 16.7. The first kappa shape index (κ1) is 21.0. The van der Waals surface area contributed by atoms with Gasteiger partial charge in [0.2, 0.25) is 0 Å². The number of aliphatic hydroxyl groups excluding tert-OH is 1. The highest BCUT2D eigenvalue weighted by molar-refractivity contribution is 5.42. The summed E-state index contributed by atoms with van der Waals surface area (Å²) < 4.78 is 27.0. The van der Waals surface area contributed by atoms with Gasteiger partial charge in [0.05, 0.1) is 46.0 Å². The average Bonchev–Trinajstić information content (AvgIpc) is 3.42. The van der Waals surface area contributed by atoms with Crippen LogP contribution in [-0.2, 0) is 24.4 Å². The number of nitrogens with zero attached hydrogens (tertiary/aromatic N) is 1. The molecule has 0 bridgehead atoms. The maximum absolute atomic E-state index is 10.5. The molecule has 2 heterocycles. The molecule has 0 fully saturated rings. The number of methoxy groups -OCH3 is 2. The quantitative estimate of drug-likeness (QED) is 0.498. The number of furan rings is 2. The molecule has 0 saturated heterocycles. The summed E-state index contributed by atoms with van der Waals surface area (Å²) in [5.74, 6) is 2.91. The number of aliphatic hydroxyl groups is 1. The van der Waals surface area contributed by atoms with E-state index < -0.39 is 6.10 Å². The third-order valence-electron chi connectivity index (χ3n) is 4.42. The van der Waals surface area contributed by atoms with Gasteiger partial charge in [-0.2, -0.15) is 0 Å². The van der Waals surface area contributed by atoms with Gasteiger partial charge in [-0.25, -0.2) is 0 Å². The molecule has 0 amide bonds. The lowest BCUT2D eigenvalue weighted by molar-refractivity contribution is 0.00162. The van der Waals surface area contributed by atoms with Gasteiger partial charge in [0, 0.05) is 13.1 Å². The third kappa shape index (κ3) is 6.39. The van der Waals surface area contributed by atoms with Gasteiger partial charge in [-0.15, -0.1) is 0 Å². The number of hydrogen-bond acceptors (Lipinski definition) is 7. The predicted molar refractivity (Wildman–Crippen MR) is 107 cm³/mol. The fourth-order valence-corrected chi connectivity index (χ4v) is 3.09. The van der Waals surface area contributed by atoms with Crippen molar-refractivity contribution in [2.45, 2.75) is 25.8 Å². The Morgan fingerprint density at radius 3 is 2.31 bits per heavy atom. The van der Waals surface area contributed by atoms with Gasteiger partial charge in [-0.3, -0.25) is 4.90 Å². The summed E-state index contributed by atoms with van der Waals surface area (Å²) >= 11 is 0. The Labute approximate surface area is 170 Å². The van der Waals surface area contributed by atoms with Crippen molar-refractivity contribution in [3.63, 3.8) is 0 Å². The van der Waals surface area contributed by atoms with Crippen LogP contribution in [0, 0.1) is 0 Å². The monoisotopic (exact) mass is 401 g/mol. The summed E-state index contributed by atoms with van der Waals surface area (Å²) in [6.45, 7) is 2.14. The Balaban J connectivity index is 1.61. The normalized spacial score (nSPS) is 12.3. The molecule has 7 nitrogen and oxygen atoms in total. The van der Waals surface area contributed by atoms with Crippen LogP contribution in [0.1, 0.15) is 17.1 Å². The minimum absolute atomic E-state index is 0.210. The van der Waals surface area contributed by atoms with Crippen molar-refractivity contribution < 1.29 is 28.2 Å². The molecule has 1 atom stereocenters. The molecule has 3 aromatic rings. The van der Waals surface area contributed by atoms with Gasteiger partial charge in [-0.05, 0) is 42.0 Å². The van der Waals surface area contributed by atoms with E-state index in [1.165, 1.54) is 0 Å². The molecule has 1 unspecified atom stereocenters. The lowest BCUT2D eigenvalue weighted by Gasteiger charge is -2.24. The smallest absolute Gasteiger partial charge is 0.161 e. The lowest BCUT2D eigenvalue weighted by atomic mass is 10.1. The fourth-order valence-electron chi connectivity index (χ4n) is 3.09. The first-order valence-electron chi connectivity index (χ1n) is 9.41. The molecule has 1 aromatic carbocycles. The minimum Gasteiger partial charge on any atom is -0.493 e. The van der Waals surface area contributed by atoms with Gasteiger partial charge < -0.3 is 28.2 Å². The van der Waals surface area contributed by atoms with Crippen molar-refractivity contribution in [1.29, 1.82) is 0 Å². The Morgan fingerprint density at radius 2 is 1.66 bits per heavy atom. The molecular formula is C22H27NO6. The van der Waals surface area contributed by atoms with Crippen molar-refractivity contribution in [2.24, 2.45) is 0 Å². The highest BCUT2D eigenvalue weighted by atomic mass is 16.5. The topological polar surface area (TPSA) is 77.4 Å². The Bertz CT molecular complexity index is 831. The fraction of sp³-hybridized carbons (Fsp3) is 0.364. The minimum atomic E-state index is -0.653. The lowest BCUT2D eigenvalue weighted by Crippen LogP contribution is -2.34. The summed E-state index contributed by atoms with van der Waals surface area (Å²) in [7, 11) is 3.22. The van der Waals surface area contributed by atoms with Crippen LogP contribution in [-0.4, -0.2) is 43.5 Å². The zero-order valence-electron chi connectivity index (χ0n) is 16.7. The van der Waals surface area contributed by atoms with E-state index in [0.717, 1.165) is 17.1 Å². The van der Waals surface area contributed by atoms with Gasteiger partial charge in [0.1, 0.15) is 18.1 Å². The second kappa shape index (κ2) is 10.7. The second-order valence-electron chi connectivity index (χ2n) is 6.69. The zero-order chi connectivity index (χ0) is 20.5. The van der Waals surface area contributed by atoms with Crippen molar-refractivity contribution >= 4 is 0 Å². The Kier molecular flexibility index (Phi) is 7.75. The van der Waals surface area contributed by atoms with Crippen LogP contribution in [0.2, 0.25) is 0 Å². The molecule has 29 heavy (non-hydrogen) atoms. The Hall–Kier alpha value is -2.74. The summed E-state index contributed by atoms with van der Waals surface area (Å²) in [5, 5.41) is 10.5. The molecular weight excluding hydrogens is 374 g/mol. The van der Waals surface area contributed by atoms with Gasteiger partial charge in [0.25, 0.3) is 0 Å². The van der Waals surface area contributed by atoms with Crippen LogP contribution < -0.4 is 9.47 Å². The van der Waals surface area contributed by atoms with Crippen LogP contribution in [0.25, 0.3) is 0 Å². The van der Waals surface area contributed by atoms with E-state index in [-0.39, 0.29) is 6.61 Å². The summed E-state index contributed by atoms with van der Waals surface area (Å²) in [5.41, 5.74) is 1.04. The average molecular weight is 401 g/mol. The number of hydrogen-bond donors (Lipinski definition) is 1. The molecule has 0 aliphatic carbocycles. The molecule has 0 aliphatic heterocycles. The van der Waals surface area contributed by atoms with Crippen LogP contribution in [0.3, 0.4) is 0 Å². The summed E-state index contributed by atoms with van der Waals surface area (Å²) in [6.07, 6.45) is 2.59. The third-order valence-corrected chi connectivity index (χ3v) is 4.42. The molecule has 0 spiro atoms. The van der Waals surface area contributed by atoms with E-state index in [0.29, 0.717) is 37.7 Å². The number of benzene rings is 1. The largest absolute Gasteiger partial charge is 0.493 e. The van der Waals surface area contributed by atoms with Crippen LogP contribution in [0.5, 0.6) is 11.5 Å². The van der Waals surface area contributed by atoms with Gasteiger partial charge in [0.15, 0.2) is 11.5 Å². The first-order valence-corrected chi connectivity index (χ1v) is 9.41. The number of rotatable bonds is 12. The van der Waals surface area contributed by atoms with Crippen LogP contribution in [0.4, 0.5) is 0 Å². The van der Waals surface area contributed by atoms with Crippen molar-refractivity contribution in [1.82, 2.24) is 4.90 Å². The molecule has 0 aliphatic rings. The maximum atomic E-state index is 10.5. The van der Waals surface area contributed by atoms with Crippen molar-refractivity contribution in [3.05, 3.63) is 72.1 Å². The van der Waals surface area contributed by atoms with Crippen LogP contribution in [0.15, 0.2) is 63.8 Å². The van der Waals surface area contributed by atoms with E-state index >= 15 is 0 Å². The highest BCUT2D eigenvalue weighted by Gasteiger charge is 2.16. The second-order valence-corrected chi connectivity index (χ2v) is 6.69.